The zero-order valence-electron chi connectivity index (χ0n) is 23.6. The van der Waals surface area contributed by atoms with Gasteiger partial charge in [0.15, 0.2) is 0 Å². The number of nitrogens with zero attached hydrogens (tertiary/aromatic N) is 4. The Morgan fingerprint density at radius 3 is 2.05 bits per heavy atom. The van der Waals surface area contributed by atoms with E-state index >= 15 is 0 Å². The molecular formula is C33H29F2N5O4. The Balaban J connectivity index is 0.000000367. The van der Waals surface area contributed by atoms with Gasteiger partial charge in [-0.1, -0.05) is 6.07 Å². The van der Waals surface area contributed by atoms with Gasteiger partial charge in [-0.2, -0.15) is 0 Å². The van der Waals surface area contributed by atoms with Gasteiger partial charge >= 0.3 is 0 Å². The maximum absolute atomic E-state index is 13.2. The van der Waals surface area contributed by atoms with Crippen molar-refractivity contribution in [3.05, 3.63) is 133 Å². The molecule has 5 aromatic rings. The molecule has 2 aromatic carbocycles. The number of primary amides is 1. The van der Waals surface area contributed by atoms with Crippen LogP contribution in [0.3, 0.4) is 0 Å². The average molecular weight is 598 g/mol. The van der Waals surface area contributed by atoms with E-state index in [0.29, 0.717) is 54.7 Å². The molecule has 0 saturated carbocycles. The molecule has 4 heterocycles. The number of hydrogen-bond donors (Lipinski definition) is 1. The molecule has 0 aliphatic carbocycles. The first kappa shape index (κ1) is 29.9. The molecule has 0 atom stereocenters. The van der Waals surface area contributed by atoms with Gasteiger partial charge in [-0.25, -0.2) is 13.8 Å². The minimum atomic E-state index is -0.490. The van der Waals surface area contributed by atoms with Crippen molar-refractivity contribution in [1.82, 2.24) is 19.4 Å². The van der Waals surface area contributed by atoms with E-state index in [2.05, 4.69) is 9.97 Å². The number of pyridine rings is 2. The third kappa shape index (κ3) is 7.82. The molecule has 1 saturated heterocycles. The SMILES string of the molecule is NC(=O)c1ccccn1.O=C(c1cccn1-c1ccc(Oc2ccc(F)cc2)nc1)N1CCC(Oc2ccc(F)cc2)CC1. The van der Waals surface area contributed by atoms with Crippen molar-refractivity contribution in [2.24, 2.45) is 5.73 Å². The Bertz CT molecular complexity index is 1670. The van der Waals surface area contributed by atoms with Crippen molar-refractivity contribution >= 4 is 11.8 Å². The molecule has 0 unspecified atom stereocenters. The molecule has 0 bridgehead atoms. The number of ether oxygens (including phenoxy) is 2. The van der Waals surface area contributed by atoms with Crippen LogP contribution in [0.15, 0.2) is 110 Å². The number of benzene rings is 2. The van der Waals surface area contributed by atoms with Crippen LogP contribution in [0.1, 0.15) is 33.8 Å². The highest BCUT2D eigenvalue weighted by Crippen LogP contribution is 2.24. The summed E-state index contributed by atoms with van der Waals surface area (Å²) in [6.07, 6.45) is 6.34. The minimum Gasteiger partial charge on any atom is -0.490 e. The number of halogens is 2. The van der Waals surface area contributed by atoms with E-state index in [-0.39, 0.29) is 23.6 Å². The molecule has 224 valence electrons. The molecule has 6 rings (SSSR count). The summed E-state index contributed by atoms with van der Waals surface area (Å²) in [5.74, 6) is 0.280. The third-order valence-corrected chi connectivity index (χ3v) is 6.77. The third-order valence-electron chi connectivity index (χ3n) is 6.77. The summed E-state index contributed by atoms with van der Waals surface area (Å²) < 4.78 is 39.5. The van der Waals surface area contributed by atoms with E-state index in [1.165, 1.54) is 42.6 Å². The lowest BCUT2D eigenvalue weighted by molar-refractivity contribution is 0.0588. The summed E-state index contributed by atoms with van der Waals surface area (Å²) in [7, 11) is 0. The summed E-state index contributed by atoms with van der Waals surface area (Å²) in [5.41, 5.74) is 6.48. The Hall–Kier alpha value is -5.58. The quantitative estimate of drug-likeness (QED) is 0.254. The fourth-order valence-corrected chi connectivity index (χ4v) is 4.53. The highest BCUT2D eigenvalue weighted by atomic mass is 19.1. The predicted octanol–water partition coefficient (Wildman–Crippen LogP) is 5.81. The lowest BCUT2D eigenvalue weighted by Gasteiger charge is -2.32. The summed E-state index contributed by atoms with van der Waals surface area (Å²) in [4.78, 5) is 33.4. The van der Waals surface area contributed by atoms with Gasteiger partial charge in [0.25, 0.3) is 11.8 Å². The zero-order valence-corrected chi connectivity index (χ0v) is 23.6. The van der Waals surface area contributed by atoms with Crippen molar-refractivity contribution < 1.29 is 27.8 Å². The Labute approximate surface area is 252 Å². The van der Waals surface area contributed by atoms with E-state index in [9.17, 15) is 18.4 Å². The first-order chi connectivity index (χ1) is 21.4. The molecule has 44 heavy (non-hydrogen) atoms. The van der Waals surface area contributed by atoms with Crippen LogP contribution in [0.25, 0.3) is 5.69 Å². The summed E-state index contributed by atoms with van der Waals surface area (Å²) in [5, 5.41) is 0. The largest absolute Gasteiger partial charge is 0.490 e. The van der Waals surface area contributed by atoms with Gasteiger partial charge in [-0.15, -0.1) is 0 Å². The van der Waals surface area contributed by atoms with Gasteiger partial charge in [-0.3, -0.25) is 14.6 Å². The summed E-state index contributed by atoms with van der Waals surface area (Å²) in [6, 6.07) is 23.8. The van der Waals surface area contributed by atoms with Crippen LogP contribution < -0.4 is 15.2 Å². The molecule has 11 heteroatoms. The van der Waals surface area contributed by atoms with E-state index in [4.69, 9.17) is 15.2 Å². The molecule has 0 spiro atoms. The minimum absolute atomic E-state index is 0.0193. The second kappa shape index (κ2) is 14.1. The van der Waals surface area contributed by atoms with Crippen LogP contribution in [0.4, 0.5) is 8.78 Å². The molecule has 1 fully saturated rings. The van der Waals surface area contributed by atoms with Crippen LogP contribution in [0.2, 0.25) is 0 Å². The van der Waals surface area contributed by atoms with Gasteiger partial charge in [0.05, 0.1) is 11.9 Å². The Morgan fingerprint density at radius 2 is 1.48 bits per heavy atom. The number of piperidine rings is 1. The van der Waals surface area contributed by atoms with Crippen molar-refractivity contribution in [1.29, 1.82) is 0 Å². The van der Waals surface area contributed by atoms with Crippen molar-refractivity contribution in [3.8, 4) is 23.1 Å². The van der Waals surface area contributed by atoms with Crippen LogP contribution >= 0.6 is 0 Å². The Morgan fingerprint density at radius 1 is 0.795 bits per heavy atom. The van der Waals surface area contributed by atoms with Crippen molar-refractivity contribution in [3.63, 3.8) is 0 Å². The molecule has 0 radical (unpaired) electrons. The van der Waals surface area contributed by atoms with Gasteiger partial charge in [0, 0.05) is 44.4 Å². The topological polar surface area (TPSA) is 113 Å². The highest BCUT2D eigenvalue weighted by molar-refractivity contribution is 5.93. The van der Waals surface area contributed by atoms with Crippen LogP contribution in [-0.4, -0.2) is 50.4 Å². The van der Waals surface area contributed by atoms with Gasteiger partial charge in [0.1, 0.15) is 40.6 Å². The number of aromatic nitrogens is 3. The fraction of sp³-hybridized carbons (Fsp3) is 0.152. The van der Waals surface area contributed by atoms with E-state index < -0.39 is 5.91 Å². The normalized spacial score (nSPS) is 13.0. The number of likely N-dealkylation sites (tertiary alicyclic amines) is 1. The maximum atomic E-state index is 13.2. The number of hydrogen-bond acceptors (Lipinski definition) is 6. The van der Waals surface area contributed by atoms with Gasteiger partial charge in [-0.05, 0) is 78.9 Å². The number of nitrogens with two attached hydrogens (primary N) is 1. The lowest BCUT2D eigenvalue weighted by Crippen LogP contribution is -2.42. The molecular weight excluding hydrogens is 568 g/mol. The first-order valence-electron chi connectivity index (χ1n) is 13.9. The molecule has 1 aliphatic rings. The second-order valence-electron chi connectivity index (χ2n) is 9.82. The van der Waals surface area contributed by atoms with Gasteiger partial charge in [0.2, 0.25) is 5.88 Å². The van der Waals surface area contributed by atoms with E-state index in [1.807, 2.05) is 23.2 Å². The number of rotatable bonds is 7. The first-order valence-corrected chi connectivity index (χ1v) is 13.9. The summed E-state index contributed by atoms with van der Waals surface area (Å²) in [6.45, 7) is 1.14. The van der Waals surface area contributed by atoms with Gasteiger partial charge < -0.3 is 24.7 Å². The van der Waals surface area contributed by atoms with Crippen LogP contribution in [-0.2, 0) is 0 Å². The Kier molecular flexibility index (Phi) is 9.55. The second-order valence-corrected chi connectivity index (χ2v) is 9.82. The molecule has 1 aliphatic heterocycles. The molecule has 9 nitrogen and oxygen atoms in total. The molecule has 3 aromatic heterocycles. The summed E-state index contributed by atoms with van der Waals surface area (Å²) >= 11 is 0. The fourth-order valence-electron chi connectivity index (χ4n) is 4.53. The predicted molar refractivity (Wildman–Crippen MR) is 159 cm³/mol. The van der Waals surface area contributed by atoms with E-state index in [1.54, 1.807) is 53.2 Å². The van der Waals surface area contributed by atoms with Crippen LogP contribution in [0, 0.1) is 11.6 Å². The van der Waals surface area contributed by atoms with E-state index in [0.717, 1.165) is 5.69 Å². The number of carbonyl (C=O) groups is 2. The van der Waals surface area contributed by atoms with Crippen molar-refractivity contribution in [2.45, 2.75) is 18.9 Å². The smallest absolute Gasteiger partial charge is 0.270 e. The highest BCUT2D eigenvalue weighted by Gasteiger charge is 2.26. The monoisotopic (exact) mass is 597 g/mol. The lowest BCUT2D eigenvalue weighted by atomic mass is 10.1. The van der Waals surface area contributed by atoms with Crippen LogP contribution in [0.5, 0.6) is 17.4 Å². The number of carbonyl (C=O) groups excluding carboxylic acids is 2. The standard InChI is InChI=1S/C27H23F2N3O3.C6H6N2O/c28-19-3-8-22(9-4-19)34-24-13-16-31(17-14-24)27(33)25-2-1-15-32(25)21-7-12-26(30-18-21)35-23-10-5-20(29)6-11-23;7-6(9)5-3-1-2-4-8-5/h1-12,15,18,24H,13-14,16-17H2;1-4H,(H2,7,9). The molecule has 2 N–H and O–H groups in total. The zero-order chi connectivity index (χ0) is 30.9. The maximum Gasteiger partial charge on any atom is 0.270 e. The molecule has 2 amide bonds. The average Bonchev–Trinajstić information content (AvgIpc) is 3.55. The number of amides is 2. The van der Waals surface area contributed by atoms with Crippen molar-refractivity contribution in [2.75, 3.05) is 13.1 Å².